The van der Waals surface area contributed by atoms with Crippen LogP contribution < -0.4 is 5.32 Å². The van der Waals surface area contributed by atoms with Gasteiger partial charge in [0.2, 0.25) is 0 Å². The Labute approximate surface area is 115 Å². The number of aliphatic hydroxyl groups excluding tert-OH is 1. The third kappa shape index (κ3) is 4.11. The molecule has 2 nitrogen and oxygen atoms in total. The highest BCUT2D eigenvalue weighted by atomic mass is 16.3. The molecule has 0 saturated carbocycles. The average molecular weight is 255 g/mol. The molecular formula is C17H21NO. The van der Waals surface area contributed by atoms with Crippen molar-refractivity contribution in [2.75, 3.05) is 11.9 Å². The molecule has 0 aliphatic carbocycles. The first-order valence-electron chi connectivity index (χ1n) is 6.78. The predicted octanol–water partition coefficient (Wildman–Crippen LogP) is 3.78. The van der Waals surface area contributed by atoms with Gasteiger partial charge in [0, 0.05) is 12.2 Å². The molecule has 2 N–H and O–H groups in total. The first-order valence-corrected chi connectivity index (χ1v) is 6.78. The van der Waals surface area contributed by atoms with Gasteiger partial charge in [0.05, 0.1) is 6.61 Å². The molecule has 0 amide bonds. The summed E-state index contributed by atoms with van der Waals surface area (Å²) < 4.78 is 0. The van der Waals surface area contributed by atoms with Gasteiger partial charge in [-0.05, 0) is 35.6 Å². The molecule has 0 aliphatic heterocycles. The Kier molecular flexibility index (Phi) is 4.99. The fourth-order valence-corrected chi connectivity index (χ4v) is 2.11. The van der Waals surface area contributed by atoms with Gasteiger partial charge in [0.1, 0.15) is 0 Å². The molecule has 19 heavy (non-hydrogen) atoms. The maximum Gasteiger partial charge on any atom is 0.0681 e. The highest BCUT2D eigenvalue weighted by Gasteiger charge is 2.04. The number of rotatable bonds is 6. The minimum atomic E-state index is 0.103. The van der Waals surface area contributed by atoms with Gasteiger partial charge in [0.25, 0.3) is 0 Å². The van der Waals surface area contributed by atoms with Gasteiger partial charge >= 0.3 is 0 Å². The summed E-state index contributed by atoms with van der Waals surface area (Å²) in [4.78, 5) is 0. The van der Waals surface area contributed by atoms with Crippen LogP contribution in [0.25, 0.3) is 0 Å². The number of hydrogen-bond donors (Lipinski definition) is 2. The average Bonchev–Trinajstić information content (AvgIpc) is 2.49. The predicted molar refractivity (Wildman–Crippen MR) is 80.3 cm³/mol. The van der Waals surface area contributed by atoms with Crippen LogP contribution in [0.5, 0.6) is 0 Å². The van der Waals surface area contributed by atoms with Crippen LogP contribution in [0.2, 0.25) is 0 Å². The second kappa shape index (κ2) is 6.95. The maximum absolute atomic E-state index is 8.98. The molecule has 0 fully saturated rings. The maximum atomic E-state index is 8.98. The smallest absolute Gasteiger partial charge is 0.0681 e. The van der Waals surface area contributed by atoms with Crippen molar-refractivity contribution in [1.29, 1.82) is 0 Å². The molecule has 1 unspecified atom stereocenters. The van der Waals surface area contributed by atoms with E-state index in [1.165, 1.54) is 5.56 Å². The minimum absolute atomic E-state index is 0.103. The van der Waals surface area contributed by atoms with E-state index in [-0.39, 0.29) is 6.61 Å². The lowest BCUT2D eigenvalue weighted by molar-refractivity contribution is 0.282. The molecule has 0 radical (unpaired) electrons. The second-order valence-electron chi connectivity index (χ2n) is 4.88. The molecular weight excluding hydrogens is 234 g/mol. The van der Waals surface area contributed by atoms with Gasteiger partial charge in [-0.15, -0.1) is 0 Å². The zero-order valence-electron chi connectivity index (χ0n) is 11.3. The molecule has 0 spiro atoms. The highest BCUT2D eigenvalue weighted by Crippen LogP contribution is 2.18. The van der Waals surface area contributed by atoms with Gasteiger partial charge in [-0.1, -0.05) is 49.4 Å². The summed E-state index contributed by atoms with van der Waals surface area (Å²) in [5, 5.41) is 12.4. The molecule has 0 aliphatic rings. The van der Waals surface area contributed by atoms with Crippen LogP contribution >= 0.6 is 0 Å². The molecule has 2 rings (SSSR count). The van der Waals surface area contributed by atoms with E-state index in [9.17, 15) is 0 Å². The zero-order valence-corrected chi connectivity index (χ0v) is 11.3. The normalized spacial score (nSPS) is 12.1. The fourth-order valence-electron chi connectivity index (χ4n) is 2.11. The summed E-state index contributed by atoms with van der Waals surface area (Å²) in [5.74, 6) is 0.561. The molecule has 0 saturated heterocycles. The molecule has 100 valence electrons. The molecule has 2 aromatic rings. The molecule has 1 atom stereocenters. The van der Waals surface area contributed by atoms with E-state index in [0.29, 0.717) is 5.92 Å². The first kappa shape index (κ1) is 13.6. The molecule has 2 aromatic carbocycles. The molecule has 0 heterocycles. The van der Waals surface area contributed by atoms with Crippen molar-refractivity contribution in [3.8, 4) is 0 Å². The lowest BCUT2D eigenvalue weighted by Gasteiger charge is -2.13. The lowest BCUT2D eigenvalue weighted by Crippen LogP contribution is -2.05. The van der Waals surface area contributed by atoms with E-state index >= 15 is 0 Å². The van der Waals surface area contributed by atoms with Gasteiger partial charge in [0.15, 0.2) is 0 Å². The van der Waals surface area contributed by atoms with Gasteiger partial charge in [-0.2, -0.15) is 0 Å². The zero-order chi connectivity index (χ0) is 13.5. The Balaban J connectivity index is 1.79. The summed E-state index contributed by atoms with van der Waals surface area (Å²) in [5.41, 5.74) is 3.44. The Bertz CT molecular complexity index is 478. The van der Waals surface area contributed by atoms with E-state index in [1.807, 2.05) is 24.3 Å². The van der Waals surface area contributed by atoms with Crippen molar-refractivity contribution in [2.45, 2.75) is 25.9 Å². The van der Waals surface area contributed by atoms with E-state index in [1.54, 1.807) is 0 Å². The second-order valence-corrected chi connectivity index (χ2v) is 4.88. The minimum Gasteiger partial charge on any atom is -0.392 e. The van der Waals surface area contributed by atoms with Crippen LogP contribution in [0.4, 0.5) is 5.69 Å². The Morgan fingerprint density at radius 2 is 1.68 bits per heavy atom. The lowest BCUT2D eigenvalue weighted by atomic mass is 9.98. The number of nitrogens with one attached hydrogen (secondary N) is 1. The Morgan fingerprint density at radius 1 is 1.00 bits per heavy atom. The SMILES string of the molecule is CC(CCNc1ccc(CO)cc1)c1ccccc1. The quantitative estimate of drug-likeness (QED) is 0.823. The van der Waals surface area contributed by atoms with Gasteiger partial charge < -0.3 is 10.4 Å². The van der Waals surface area contributed by atoms with E-state index in [4.69, 9.17) is 5.11 Å². The van der Waals surface area contributed by atoms with Crippen LogP contribution in [0.15, 0.2) is 54.6 Å². The van der Waals surface area contributed by atoms with Crippen LogP contribution in [-0.2, 0) is 6.61 Å². The molecule has 0 bridgehead atoms. The molecule has 2 heteroatoms. The van der Waals surface area contributed by atoms with Gasteiger partial charge in [-0.25, -0.2) is 0 Å². The van der Waals surface area contributed by atoms with Crippen molar-refractivity contribution in [2.24, 2.45) is 0 Å². The number of benzene rings is 2. The van der Waals surface area contributed by atoms with Gasteiger partial charge in [-0.3, -0.25) is 0 Å². The fraction of sp³-hybridized carbons (Fsp3) is 0.294. The third-order valence-electron chi connectivity index (χ3n) is 3.41. The summed E-state index contributed by atoms with van der Waals surface area (Å²) in [6, 6.07) is 18.5. The van der Waals surface area contributed by atoms with Crippen LogP contribution in [-0.4, -0.2) is 11.7 Å². The first-order chi connectivity index (χ1) is 9.29. The van der Waals surface area contributed by atoms with E-state index in [2.05, 4.69) is 42.6 Å². The van der Waals surface area contributed by atoms with E-state index in [0.717, 1.165) is 24.2 Å². The van der Waals surface area contributed by atoms with Crippen LogP contribution in [0.3, 0.4) is 0 Å². The monoisotopic (exact) mass is 255 g/mol. The van der Waals surface area contributed by atoms with Crippen molar-refractivity contribution < 1.29 is 5.11 Å². The summed E-state index contributed by atoms with van der Waals surface area (Å²) in [7, 11) is 0. The number of aliphatic hydroxyl groups is 1. The highest BCUT2D eigenvalue weighted by molar-refractivity contribution is 5.44. The standard InChI is InChI=1S/C17H21NO/c1-14(16-5-3-2-4-6-16)11-12-18-17-9-7-15(13-19)8-10-17/h2-10,14,18-19H,11-13H2,1H3. The van der Waals surface area contributed by atoms with Crippen molar-refractivity contribution in [1.82, 2.24) is 0 Å². The van der Waals surface area contributed by atoms with Crippen molar-refractivity contribution in [3.05, 3.63) is 65.7 Å². The summed E-state index contributed by atoms with van der Waals surface area (Å²) in [6.45, 7) is 3.31. The summed E-state index contributed by atoms with van der Waals surface area (Å²) >= 11 is 0. The number of anilines is 1. The number of hydrogen-bond acceptors (Lipinski definition) is 2. The van der Waals surface area contributed by atoms with E-state index < -0.39 is 0 Å². The van der Waals surface area contributed by atoms with Crippen LogP contribution in [0, 0.1) is 0 Å². The van der Waals surface area contributed by atoms with Crippen LogP contribution in [0.1, 0.15) is 30.4 Å². The topological polar surface area (TPSA) is 32.3 Å². The Morgan fingerprint density at radius 3 is 2.32 bits per heavy atom. The molecule has 0 aromatic heterocycles. The van der Waals surface area contributed by atoms with Crippen molar-refractivity contribution >= 4 is 5.69 Å². The van der Waals surface area contributed by atoms with Crippen molar-refractivity contribution in [3.63, 3.8) is 0 Å². The summed E-state index contributed by atoms with van der Waals surface area (Å²) in [6.07, 6.45) is 1.10. The largest absolute Gasteiger partial charge is 0.392 e. The third-order valence-corrected chi connectivity index (χ3v) is 3.41. The Hall–Kier alpha value is -1.80.